The first-order valence-corrected chi connectivity index (χ1v) is 6.92. The van der Waals surface area contributed by atoms with Gasteiger partial charge in [-0.05, 0) is 48.5 Å². The first-order chi connectivity index (χ1) is 11.2. The minimum atomic E-state index is -0.239. The minimum Gasteiger partial charge on any atom is -0.484 e. The van der Waals surface area contributed by atoms with Gasteiger partial charge in [-0.25, -0.2) is 10.5 Å². The summed E-state index contributed by atoms with van der Waals surface area (Å²) in [7, 11) is 0. The highest BCUT2D eigenvalue weighted by Crippen LogP contribution is 2.18. The Morgan fingerprint density at radius 1 is 1.17 bits per heavy atom. The average molecular weight is 312 g/mol. The Morgan fingerprint density at radius 3 is 2.57 bits per heavy atom. The zero-order valence-corrected chi connectivity index (χ0v) is 12.2. The van der Waals surface area contributed by atoms with Crippen LogP contribution in [0.4, 0.5) is 17.1 Å². The lowest BCUT2D eigenvalue weighted by atomic mass is 10.3. The van der Waals surface area contributed by atoms with Crippen molar-refractivity contribution < 1.29 is 9.53 Å². The molecule has 5 N–H and O–H groups in total. The Labute approximate surface area is 132 Å². The molecule has 0 fully saturated rings. The van der Waals surface area contributed by atoms with E-state index in [1.54, 1.807) is 47.7 Å². The van der Waals surface area contributed by atoms with Crippen molar-refractivity contribution in [2.45, 2.75) is 0 Å². The summed E-state index contributed by atoms with van der Waals surface area (Å²) in [5, 5.41) is 8.25. The van der Waals surface area contributed by atoms with Crippen molar-refractivity contribution >= 4 is 29.3 Å². The number of nitrogens with two attached hydrogens (primary N) is 1. The van der Waals surface area contributed by atoms with Gasteiger partial charge >= 0.3 is 0 Å². The predicted molar refractivity (Wildman–Crippen MR) is 88.7 cm³/mol. The maximum Gasteiger partial charge on any atom is 0.262 e. The van der Waals surface area contributed by atoms with Crippen molar-refractivity contribution in [1.29, 1.82) is 0 Å². The molecule has 2 aromatic carbocycles. The van der Waals surface area contributed by atoms with Gasteiger partial charge in [-0.1, -0.05) is 0 Å². The molecule has 1 amide bonds. The summed E-state index contributed by atoms with van der Waals surface area (Å²) in [5.41, 5.74) is 13.2. The number of carbonyl (C=O) groups is 1. The van der Waals surface area contributed by atoms with E-state index in [4.69, 9.17) is 10.5 Å². The molecule has 1 aliphatic rings. The van der Waals surface area contributed by atoms with E-state index >= 15 is 0 Å². The molecular formula is C15H16N6O2. The topological polar surface area (TPSA) is 104 Å². The molecule has 0 unspecified atom stereocenters. The molecule has 0 radical (unpaired) electrons. The first-order valence-electron chi connectivity index (χ1n) is 6.92. The molecule has 8 nitrogen and oxygen atoms in total. The third-order valence-corrected chi connectivity index (χ3v) is 3.09. The van der Waals surface area contributed by atoms with Crippen LogP contribution in [0.2, 0.25) is 0 Å². The highest BCUT2D eigenvalue weighted by molar-refractivity contribution is 5.92. The predicted octanol–water partition coefficient (Wildman–Crippen LogP) is 1.06. The smallest absolute Gasteiger partial charge is 0.262 e. The number of amides is 1. The van der Waals surface area contributed by atoms with Gasteiger partial charge < -0.3 is 15.8 Å². The van der Waals surface area contributed by atoms with Gasteiger partial charge in [-0.15, -0.1) is 5.53 Å². The van der Waals surface area contributed by atoms with Crippen LogP contribution in [0.15, 0.2) is 53.6 Å². The summed E-state index contributed by atoms with van der Waals surface area (Å²) in [4.78, 5) is 11.8. The van der Waals surface area contributed by atoms with Gasteiger partial charge in [-0.3, -0.25) is 4.79 Å². The molecule has 3 rings (SSSR count). The first kappa shape index (κ1) is 14.7. The van der Waals surface area contributed by atoms with E-state index in [1.165, 1.54) is 0 Å². The number of nitrogens with zero attached hydrogens (tertiary/aromatic N) is 2. The van der Waals surface area contributed by atoms with Gasteiger partial charge in [0.2, 0.25) is 0 Å². The number of benzene rings is 2. The van der Waals surface area contributed by atoms with Crippen molar-refractivity contribution in [2.24, 2.45) is 5.10 Å². The number of anilines is 3. The number of hydrogen-bond acceptors (Lipinski definition) is 7. The molecule has 0 spiro atoms. The molecule has 0 saturated heterocycles. The number of ether oxygens (including phenoxy) is 1. The number of rotatable bonds is 5. The van der Waals surface area contributed by atoms with E-state index in [0.717, 1.165) is 5.69 Å². The third-order valence-electron chi connectivity index (χ3n) is 3.09. The summed E-state index contributed by atoms with van der Waals surface area (Å²) in [6, 6.07) is 14.2. The second-order valence-electron chi connectivity index (χ2n) is 4.79. The maximum atomic E-state index is 11.8. The monoisotopic (exact) mass is 312 g/mol. The molecule has 0 bridgehead atoms. The van der Waals surface area contributed by atoms with E-state index in [9.17, 15) is 4.79 Å². The fraction of sp³-hybridized carbons (Fsp3) is 0.0667. The summed E-state index contributed by atoms with van der Waals surface area (Å²) >= 11 is 0. The second kappa shape index (κ2) is 6.67. The van der Waals surface area contributed by atoms with Crippen molar-refractivity contribution in [3.63, 3.8) is 0 Å². The van der Waals surface area contributed by atoms with Crippen LogP contribution in [-0.2, 0) is 4.79 Å². The van der Waals surface area contributed by atoms with Gasteiger partial charge in [0.1, 0.15) is 12.1 Å². The van der Waals surface area contributed by atoms with Crippen LogP contribution in [-0.4, -0.2) is 18.9 Å². The summed E-state index contributed by atoms with van der Waals surface area (Å²) in [6.07, 6.45) is 1.61. The highest BCUT2D eigenvalue weighted by atomic mass is 16.5. The van der Waals surface area contributed by atoms with E-state index in [1.807, 2.05) is 12.1 Å². The summed E-state index contributed by atoms with van der Waals surface area (Å²) < 4.78 is 5.46. The lowest BCUT2D eigenvalue weighted by Gasteiger charge is -2.14. The number of hydrazine groups is 2. The van der Waals surface area contributed by atoms with Gasteiger partial charge in [-0.2, -0.15) is 5.10 Å². The van der Waals surface area contributed by atoms with Crippen LogP contribution < -0.4 is 31.9 Å². The number of hydrogen-bond donors (Lipinski definition) is 4. The molecular weight excluding hydrogens is 296 g/mol. The molecule has 1 heterocycles. The molecule has 0 aromatic heterocycles. The van der Waals surface area contributed by atoms with Gasteiger partial charge in [0, 0.05) is 11.4 Å². The van der Waals surface area contributed by atoms with Crippen LogP contribution in [0.25, 0.3) is 0 Å². The lowest BCUT2D eigenvalue weighted by molar-refractivity contribution is -0.118. The third kappa shape index (κ3) is 3.89. The molecule has 1 aliphatic heterocycles. The van der Waals surface area contributed by atoms with Crippen molar-refractivity contribution in [1.82, 2.24) is 11.1 Å². The van der Waals surface area contributed by atoms with Crippen LogP contribution in [0.3, 0.4) is 0 Å². The van der Waals surface area contributed by atoms with Crippen LogP contribution >= 0.6 is 0 Å². The fourth-order valence-corrected chi connectivity index (χ4v) is 1.94. The standard InChI is InChI=1S/C15H16N6O2/c16-11-1-3-12(4-2-11)18-15(22)9-23-14-7-5-13(6-8-14)21-10-17-19-20-21/h1-8,10,19-20H,9,16H2,(H,18,22). The molecule has 0 saturated carbocycles. The van der Waals surface area contributed by atoms with Crippen LogP contribution in [0.5, 0.6) is 5.75 Å². The number of hydrazone groups is 1. The zero-order chi connectivity index (χ0) is 16.1. The minimum absolute atomic E-state index is 0.0747. The quantitative estimate of drug-likeness (QED) is 0.616. The van der Waals surface area contributed by atoms with Crippen molar-refractivity contribution in [2.75, 3.05) is 22.7 Å². The van der Waals surface area contributed by atoms with Crippen LogP contribution in [0, 0.1) is 0 Å². The van der Waals surface area contributed by atoms with E-state index in [-0.39, 0.29) is 12.5 Å². The second-order valence-corrected chi connectivity index (χ2v) is 4.79. The Morgan fingerprint density at radius 2 is 1.91 bits per heavy atom. The lowest BCUT2D eigenvalue weighted by Crippen LogP contribution is -2.37. The Kier molecular flexibility index (Phi) is 4.25. The molecule has 118 valence electrons. The Hall–Kier alpha value is -3.26. The zero-order valence-electron chi connectivity index (χ0n) is 12.2. The highest BCUT2D eigenvalue weighted by Gasteiger charge is 2.08. The Balaban J connectivity index is 1.50. The summed E-state index contributed by atoms with van der Waals surface area (Å²) in [5.74, 6) is 0.363. The van der Waals surface area contributed by atoms with E-state index < -0.39 is 0 Å². The number of nitrogen functional groups attached to an aromatic ring is 1. The SMILES string of the molecule is Nc1ccc(NC(=O)COc2ccc(N3C=NNN3)cc2)cc1. The molecule has 8 heteroatoms. The Bertz CT molecular complexity index is 699. The van der Waals surface area contributed by atoms with Crippen molar-refractivity contribution in [3.8, 4) is 5.75 Å². The largest absolute Gasteiger partial charge is 0.484 e. The number of nitrogens with one attached hydrogen (secondary N) is 3. The summed E-state index contributed by atoms with van der Waals surface area (Å²) in [6.45, 7) is -0.0747. The normalized spacial score (nSPS) is 12.8. The van der Waals surface area contributed by atoms with Crippen LogP contribution in [0.1, 0.15) is 0 Å². The van der Waals surface area contributed by atoms with Gasteiger partial charge in [0.05, 0.1) is 5.69 Å². The fourth-order valence-electron chi connectivity index (χ4n) is 1.94. The average Bonchev–Trinajstić information content (AvgIpc) is 3.10. The molecule has 2 aromatic rings. The number of carbonyl (C=O) groups excluding carboxylic acids is 1. The van der Waals surface area contributed by atoms with E-state index in [0.29, 0.717) is 17.1 Å². The molecule has 23 heavy (non-hydrogen) atoms. The molecule has 0 aliphatic carbocycles. The van der Waals surface area contributed by atoms with Gasteiger partial charge in [0.15, 0.2) is 6.61 Å². The van der Waals surface area contributed by atoms with Crippen molar-refractivity contribution in [3.05, 3.63) is 48.5 Å². The van der Waals surface area contributed by atoms with Gasteiger partial charge in [0.25, 0.3) is 5.91 Å². The maximum absolute atomic E-state index is 11.8. The van der Waals surface area contributed by atoms with E-state index in [2.05, 4.69) is 21.5 Å². The molecule has 0 atom stereocenters.